The normalized spacial score (nSPS) is 10.6. The van der Waals surface area contributed by atoms with Crippen molar-refractivity contribution in [1.82, 2.24) is 10.1 Å². The Kier molecular flexibility index (Phi) is 4.01. The smallest absolute Gasteiger partial charge is 0.258 e. The van der Waals surface area contributed by atoms with E-state index in [4.69, 9.17) is 9.26 Å². The SMILES string of the molecule is COc1cccc(-c2noc(-c3ccc(-c4ccccc4)cc3)n2)c1. The molecule has 3 aromatic carbocycles. The van der Waals surface area contributed by atoms with Crippen molar-refractivity contribution in [2.24, 2.45) is 0 Å². The van der Waals surface area contributed by atoms with E-state index >= 15 is 0 Å². The fraction of sp³-hybridized carbons (Fsp3) is 0.0476. The van der Waals surface area contributed by atoms with E-state index in [9.17, 15) is 0 Å². The number of hydrogen-bond donors (Lipinski definition) is 0. The van der Waals surface area contributed by atoms with Crippen LogP contribution in [0.2, 0.25) is 0 Å². The molecule has 1 heterocycles. The minimum atomic E-state index is 0.498. The second kappa shape index (κ2) is 6.61. The van der Waals surface area contributed by atoms with Crippen molar-refractivity contribution in [1.29, 1.82) is 0 Å². The van der Waals surface area contributed by atoms with E-state index in [1.807, 2.05) is 54.6 Å². The molecule has 0 unspecified atom stereocenters. The summed E-state index contributed by atoms with van der Waals surface area (Å²) in [6, 6.07) is 25.9. The number of nitrogens with zero attached hydrogens (tertiary/aromatic N) is 2. The van der Waals surface area contributed by atoms with Crippen LogP contribution in [0.5, 0.6) is 5.75 Å². The Labute approximate surface area is 145 Å². The number of aromatic nitrogens is 2. The summed E-state index contributed by atoms with van der Waals surface area (Å²) in [6.07, 6.45) is 0. The van der Waals surface area contributed by atoms with Crippen molar-refractivity contribution in [2.45, 2.75) is 0 Å². The number of methoxy groups -OCH3 is 1. The van der Waals surface area contributed by atoms with Crippen LogP contribution in [0.15, 0.2) is 83.4 Å². The predicted octanol–water partition coefficient (Wildman–Crippen LogP) is 5.08. The molecule has 0 aliphatic heterocycles. The maximum atomic E-state index is 5.42. The van der Waals surface area contributed by atoms with Crippen molar-refractivity contribution in [2.75, 3.05) is 7.11 Å². The van der Waals surface area contributed by atoms with Crippen molar-refractivity contribution in [3.8, 4) is 39.7 Å². The average molecular weight is 328 g/mol. The van der Waals surface area contributed by atoms with E-state index in [1.54, 1.807) is 7.11 Å². The highest BCUT2D eigenvalue weighted by atomic mass is 16.5. The first-order chi connectivity index (χ1) is 12.3. The Hall–Kier alpha value is -3.40. The summed E-state index contributed by atoms with van der Waals surface area (Å²) < 4.78 is 10.7. The van der Waals surface area contributed by atoms with Gasteiger partial charge in [0.2, 0.25) is 5.82 Å². The molecule has 0 radical (unpaired) electrons. The van der Waals surface area contributed by atoms with E-state index < -0.39 is 0 Å². The zero-order chi connectivity index (χ0) is 17.1. The molecule has 0 saturated carbocycles. The van der Waals surface area contributed by atoms with Gasteiger partial charge in [0.15, 0.2) is 0 Å². The topological polar surface area (TPSA) is 48.2 Å². The zero-order valence-electron chi connectivity index (χ0n) is 13.7. The second-order valence-electron chi connectivity index (χ2n) is 5.60. The van der Waals surface area contributed by atoms with E-state index in [0.29, 0.717) is 11.7 Å². The third kappa shape index (κ3) is 3.15. The molecule has 0 saturated heterocycles. The summed E-state index contributed by atoms with van der Waals surface area (Å²) in [5.74, 6) is 1.80. The molecule has 0 N–H and O–H groups in total. The highest BCUT2D eigenvalue weighted by molar-refractivity contribution is 5.68. The number of benzene rings is 3. The van der Waals surface area contributed by atoms with Gasteiger partial charge < -0.3 is 9.26 Å². The Balaban J connectivity index is 1.62. The monoisotopic (exact) mass is 328 g/mol. The lowest BCUT2D eigenvalue weighted by atomic mass is 10.0. The average Bonchev–Trinajstić information content (AvgIpc) is 3.19. The van der Waals surface area contributed by atoms with E-state index in [2.05, 4.69) is 34.4 Å². The number of hydrogen-bond acceptors (Lipinski definition) is 4. The molecule has 4 heteroatoms. The van der Waals surface area contributed by atoms with Gasteiger partial charge in [0, 0.05) is 11.1 Å². The molecule has 122 valence electrons. The molecule has 0 spiro atoms. The molecule has 0 bridgehead atoms. The summed E-state index contributed by atoms with van der Waals surface area (Å²) in [4.78, 5) is 4.50. The molecule has 4 rings (SSSR count). The van der Waals surface area contributed by atoms with Gasteiger partial charge in [-0.05, 0) is 35.4 Å². The molecule has 4 nitrogen and oxygen atoms in total. The van der Waals surface area contributed by atoms with E-state index in [-0.39, 0.29) is 0 Å². The molecule has 1 aromatic heterocycles. The molecule has 0 aliphatic carbocycles. The lowest BCUT2D eigenvalue weighted by molar-refractivity contribution is 0.414. The quantitative estimate of drug-likeness (QED) is 0.524. The van der Waals surface area contributed by atoms with Gasteiger partial charge in [-0.1, -0.05) is 59.8 Å². The van der Waals surface area contributed by atoms with Gasteiger partial charge in [0.1, 0.15) is 5.75 Å². The van der Waals surface area contributed by atoms with Crippen LogP contribution >= 0.6 is 0 Å². The maximum absolute atomic E-state index is 5.42. The van der Waals surface area contributed by atoms with Crippen molar-refractivity contribution >= 4 is 0 Å². The standard InChI is InChI=1S/C21H16N2O2/c1-24-19-9-5-8-18(14-19)20-22-21(25-23-20)17-12-10-16(11-13-17)15-6-3-2-4-7-15/h2-14H,1H3. The van der Waals surface area contributed by atoms with Crippen LogP contribution < -0.4 is 4.74 Å². The zero-order valence-corrected chi connectivity index (χ0v) is 13.7. The van der Waals surface area contributed by atoms with Gasteiger partial charge in [0.25, 0.3) is 5.89 Å². The molecule has 0 atom stereocenters. The summed E-state index contributed by atoms with van der Waals surface area (Å²) >= 11 is 0. The van der Waals surface area contributed by atoms with Crippen LogP contribution in [0.4, 0.5) is 0 Å². The molecular weight excluding hydrogens is 312 g/mol. The Morgan fingerprint density at radius 3 is 2.16 bits per heavy atom. The van der Waals surface area contributed by atoms with Crippen molar-refractivity contribution in [3.05, 3.63) is 78.9 Å². The molecular formula is C21H16N2O2. The summed E-state index contributed by atoms with van der Waals surface area (Å²) in [5, 5.41) is 4.08. The highest BCUT2D eigenvalue weighted by Crippen LogP contribution is 2.27. The van der Waals surface area contributed by atoms with Crippen LogP contribution in [-0.4, -0.2) is 17.3 Å². The van der Waals surface area contributed by atoms with Crippen molar-refractivity contribution < 1.29 is 9.26 Å². The highest BCUT2D eigenvalue weighted by Gasteiger charge is 2.11. The minimum absolute atomic E-state index is 0.498. The number of rotatable bonds is 4. The first-order valence-corrected chi connectivity index (χ1v) is 7.97. The van der Waals surface area contributed by atoms with Gasteiger partial charge in [-0.25, -0.2) is 0 Å². The van der Waals surface area contributed by atoms with Crippen LogP contribution in [0.1, 0.15) is 0 Å². The van der Waals surface area contributed by atoms with Crippen molar-refractivity contribution in [3.63, 3.8) is 0 Å². The van der Waals surface area contributed by atoms with E-state index in [0.717, 1.165) is 22.4 Å². The Morgan fingerprint density at radius 2 is 1.40 bits per heavy atom. The van der Waals surface area contributed by atoms with Gasteiger partial charge in [-0.3, -0.25) is 0 Å². The van der Waals surface area contributed by atoms with Crippen LogP contribution in [0.3, 0.4) is 0 Å². The van der Waals surface area contributed by atoms with Gasteiger partial charge in [0.05, 0.1) is 7.11 Å². The summed E-state index contributed by atoms with van der Waals surface area (Å²) in [6.45, 7) is 0. The molecule has 0 amide bonds. The summed E-state index contributed by atoms with van der Waals surface area (Å²) in [5.41, 5.74) is 4.07. The maximum Gasteiger partial charge on any atom is 0.258 e. The first-order valence-electron chi connectivity index (χ1n) is 7.97. The largest absolute Gasteiger partial charge is 0.497 e. The molecule has 25 heavy (non-hydrogen) atoms. The van der Waals surface area contributed by atoms with Gasteiger partial charge >= 0.3 is 0 Å². The number of ether oxygens (including phenoxy) is 1. The van der Waals surface area contributed by atoms with Crippen LogP contribution in [-0.2, 0) is 0 Å². The third-order valence-corrected chi connectivity index (χ3v) is 3.99. The Morgan fingerprint density at radius 1 is 0.720 bits per heavy atom. The Bertz CT molecular complexity index is 976. The lowest BCUT2D eigenvalue weighted by Gasteiger charge is -2.01. The van der Waals surface area contributed by atoms with Gasteiger partial charge in [-0.15, -0.1) is 0 Å². The minimum Gasteiger partial charge on any atom is -0.497 e. The predicted molar refractivity (Wildman–Crippen MR) is 97.2 cm³/mol. The molecule has 4 aromatic rings. The van der Waals surface area contributed by atoms with E-state index in [1.165, 1.54) is 5.56 Å². The molecule has 0 aliphatic rings. The fourth-order valence-corrected chi connectivity index (χ4v) is 2.66. The van der Waals surface area contributed by atoms with Crippen LogP contribution in [0, 0.1) is 0 Å². The first kappa shape index (κ1) is 15.1. The summed E-state index contributed by atoms with van der Waals surface area (Å²) in [7, 11) is 1.63. The lowest BCUT2D eigenvalue weighted by Crippen LogP contribution is -1.85. The third-order valence-electron chi connectivity index (χ3n) is 3.99. The van der Waals surface area contributed by atoms with Crippen LogP contribution in [0.25, 0.3) is 34.0 Å². The fourth-order valence-electron chi connectivity index (χ4n) is 2.66. The second-order valence-corrected chi connectivity index (χ2v) is 5.60. The molecule has 0 fully saturated rings. The van der Waals surface area contributed by atoms with Gasteiger partial charge in [-0.2, -0.15) is 4.98 Å².